The van der Waals surface area contributed by atoms with Crippen LogP contribution in [0.15, 0.2) is 59.8 Å². The zero-order chi connectivity index (χ0) is 16.4. The fourth-order valence-corrected chi connectivity index (χ4v) is 1.71. The van der Waals surface area contributed by atoms with Crippen LogP contribution in [0.4, 0.5) is 5.69 Å². The van der Waals surface area contributed by atoms with Crippen molar-refractivity contribution in [3.63, 3.8) is 0 Å². The van der Waals surface area contributed by atoms with Crippen LogP contribution in [-0.4, -0.2) is 17.4 Å². The maximum atomic E-state index is 10.7. The van der Waals surface area contributed by atoms with Gasteiger partial charge in [-0.2, -0.15) is 0 Å². The highest BCUT2D eigenvalue weighted by Gasteiger charge is 2.10. The van der Waals surface area contributed by atoms with Crippen LogP contribution in [0.2, 0.25) is 0 Å². The van der Waals surface area contributed by atoms with E-state index in [0.717, 1.165) is 11.1 Å². The summed E-state index contributed by atoms with van der Waals surface area (Å²) in [5.74, 6) is 0. The molecule has 6 heteroatoms. The summed E-state index contributed by atoms with van der Waals surface area (Å²) in [5, 5.41) is 14.6. The quantitative estimate of drug-likeness (QED) is 0.397. The van der Waals surface area contributed by atoms with Gasteiger partial charge in [0.15, 0.2) is 6.73 Å². The zero-order valence-corrected chi connectivity index (χ0v) is 12.6. The van der Waals surface area contributed by atoms with Crippen molar-refractivity contribution >= 4 is 11.4 Å². The number of nitrogens with two attached hydrogens (primary N) is 1. The molecule has 0 amide bonds. The van der Waals surface area contributed by atoms with Crippen LogP contribution < -0.4 is 5.73 Å². The lowest BCUT2D eigenvalue weighted by molar-refractivity contribution is -0.384. The number of benzene rings is 2. The third kappa shape index (κ3) is 4.68. The second kappa shape index (κ2) is 9.25. The van der Waals surface area contributed by atoms with Crippen LogP contribution in [0.5, 0.6) is 0 Å². The van der Waals surface area contributed by atoms with Crippen molar-refractivity contribution in [1.82, 2.24) is 0 Å². The average molecular weight is 301 g/mol. The molecule has 0 aliphatic heterocycles. The van der Waals surface area contributed by atoms with Crippen LogP contribution >= 0.6 is 0 Å². The van der Waals surface area contributed by atoms with E-state index in [-0.39, 0.29) is 12.4 Å². The SMILES string of the molecule is CC.NCO/N=C(\c1ccccc1)c1ccc([N+](=O)[O-])cc1. The van der Waals surface area contributed by atoms with Gasteiger partial charge in [0.05, 0.1) is 4.92 Å². The van der Waals surface area contributed by atoms with Crippen LogP contribution in [-0.2, 0) is 4.84 Å². The number of rotatable bonds is 5. The predicted molar refractivity (Wildman–Crippen MR) is 86.7 cm³/mol. The lowest BCUT2D eigenvalue weighted by atomic mass is 10.0. The average Bonchev–Trinajstić information content (AvgIpc) is 2.58. The van der Waals surface area contributed by atoms with Crippen LogP contribution in [0.25, 0.3) is 0 Å². The Morgan fingerprint density at radius 3 is 2.14 bits per heavy atom. The molecule has 22 heavy (non-hydrogen) atoms. The van der Waals surface area contributed by atoms with Gasteiger partial charge in [0.25, 0.3) is 5.69 Å². The topological polar surface area (TPSA) is 90.8 Å². The second-order valence-corrected chi connectivity index (χ2v) is 3.91. The van der Waals surface area contributed by atoms with Crippen molar-refractivity contribution in [1.29, 1.82) is 0 Å². The first-order chi connectivity index (χ1) is 10.7. The highest BCUT2D eigenvalue weighted by Crippen LogP contribution is 2.16. The fourth-order valence-electron chi connectivity index (χ4n) is 1.71. The third-order valence-corrected chi connectivity index (χ3v) is 2.63. The molecule has 2 N–H and O–H groups in total. The molecular formula is C16H19N3O3. The predicted octanol–water partition coefficient (Wildman–Crippen LogP) is 3.31. The van der Waals surface area contributed by atoms with E-state index in [9.17, 15) is 10.1 Å². The number of oxime groups is 1. The molecule has 0 aromatic heterocycles. The molecule has 2 aromatic rings. The van der Waals surface area contributed by atoms with Crippen molar-refractivity contribution in [2.45, 2.75) is 13.8 Å². The normalized spacial score (nSPS) is 10.4. The Morgan fingerprint density at radius 1 is 1.09 bits per heavy atom. The summed E-state index contributed by atoms with van der Waals surface area (Å²) in [6, 6.07) is 15.5. The molecule has 6 nitrogen and oxygen atoms in total. The molecule has 2 rings (SSSR count). The maximum Gasteiger partial charge on any atom is 0.269 e. The maximum absolute atomic E-state index is 10.7. The number of nitro groups is 1. The minimum absolute atomic E-state index is 0.0286. The standard InChI is InChI=1S/C14H13N3O3.C2H6/c15-10-20-16-14(11-4-2-1-3-5-11)12-6-8-13(9-7-12)17(18)19;1-2/h1-9H,10,15H2;1-2H3/b16-14+;. The van der Waals surface area contributed by atoms with E-state index in [1.54, 1.807) is 12.1 Å². The van der Waals surface area contributed by atoms with E-state index in [1.165, 1.54) is 12.1 Å². The summed E-state index contributed by atoms with van der Waals surface area (Å²) in [6.07, 6.45) is 0. The van der Waals surface area contributed by atoms with Gasteiger partial charge in [-0.25, -0.2) is 0 Å². The monoisotopic (exact) mass is 301 g/mol. The van der Waals surface area contributed by atoms with Crippen molar-refractivity contribution < 1.29 is 9.76 Å². The van der Waals surface area contributed by atoms with E-state index >= 15 is 0 Å². The summed E-state index contributed by atoms with van der Waals surface area (Å²) < 4.78 is 0. The van der Waals surface area contributed by atoms with Crippen molar-refractivity contribution in [2.24, 2.45) is 10.9 Å². The number of nitro benzene ring substituents is 1. The summed E-state index contributed by atoms with van der Waals surface area (Å²) >= 11 is 0. The summed E-state index contributed by atoms with van der Waals surface area (Å²) in [5.41, 5.74) is 7.44. The van der Waals surface area contributed by atoms with Crippen LogP contribution in [0.1, 0.15) is 25.0 Å². The summed E-state index contributed by atoms with van der Waals surface area (Å²) in [6.45, 7) is 3.96. The molecule has 116 valence electrons. The minimum Gasteiger partial charge on any atom is -0.380 e. The van der Waals surface area contributed by atoms with Gasteiger partial charge in [-0.3, -0.25) is 15.8 Å². The molecule has 0 saturated carbocycles. The van der Waals surface area contributed by atoms with Gasteiger partial charge in [-0.05, 0) is 12.1 Å². The van der Waals surface area contributed by atoms with Gasteiger partial charge in [0.2, 0.25) is 0 Å². The molecular weight excluding hydrogens is 282 g/mol. The van der Waals surface area contributed by atoms with Crippen molar-refractivity contribution in [3.8, 4) is 0 Å². The second-order valence-electron chi connectivity index (χ2n) is 3.91. The molecule has 0 atom stereocenters. The third-order valence-electron chi connectivity index (χ3n) is 2.63. The lowest BCUT2D eigenvalue weighted by Gasteiger charge is -2.06. The first kappa shape index (κ1) is 17.3. The lowest BCUT2D eigenvalue weighted by Crippen LogP contribution is -2.07. The molecule has 0 saturated heterocycles. The summed E-state index contributed by atoms with van der Waals surface area (Å²) in [7, 11) is 0. The molecule has 0 fully saturated rings. The molecule has 0 heterocycles. The van der Waals surface area contributed by atoms with E-state index in [1.807, 2.05) is 44.2 Å². The molecule has 0 unspecified atom stereocenters. The van der Waals surface area contributed by atoms with Gasteiger partial charge >= 0.3 is 0 Å². The number of nitrogens with zero attached hydrogens (tertiary/aromatic N) is 2. The molecule has 0 spiro atoms. The molecule has 0 bridgehead atoms. The highest BCUT2D eigenvalue weighted by atomic mass is 16.6. The first-order valence-corrected chi connectivity index (χ1v) is 6.92. The first-order valence-electron chi connectivity index (χ1n) is 6.92. The minimum atomic E-state index is -0.445. The van der Waals surface area contributed by atoms with Crippen molar-refractivity contribution in [2.75, 3.05) is 6.73 Å². The largest absolute Gasteiger partial charge is 0.380 e. The van der Waals surface area contributed by atoms with Gasteiger partial charge in [-0.15, -0.1) is 0 Å². The van der Waals surface area contributed by atoms with Gasteiger partial charge < -0.3 is 4.84 Å². The molecule has 2 aromatic carbocycles. The number of non-ortho nitro benzene ring substituents is 1. The zero-order valence-electron chi connectivity index (χ0n) is 12.6. The molecule has 0 radical (unpaired) electrons. The smallest absolute Gasteiger partial charge is 0.269 e. The Balaban J connectivity index is 0.00000116. The molecule has 0 aliphatic carbocycles. The van der Waals surface area contributed by atoms with E-state index in [0.29, 0.717) is 5.71 Å². The Morgan fingerprint density at radius 2 is 1.64 bits per heavy atom. The van der Waals surface area contributed by atoms with E-state index in [4.69, 9.17) is 10.6 Å². The van der Waals surface area contributed by atoms with Crippen LogP contribution in [0, 0.1) is 10.1 Å². The Hall–Kier alpha value is -2.73. The van der Waals surface area contributed by atoms with Gasteiger partial charge in [0.1, 0.15) is 5.71 Å². The fraction of sp³-hybridized carbons (Fsp3) is 0.188. The van der Waals surface area contributed by atoms with E-state index < -0.39 is 4.92 Å². The van der Waals surface area contributed by atoms with Gasteiger partial charge in [-0.1, -0.05) is 49.3 Å². The Labute approximate surface area is 129 Å². The number of hydrogen-bond donors (Lipinski definition) is 1. The van der Waals surface area contributed by atoms with Gasteiger partial charge in [0, 0.05) is 23.3 Å². The Bertz CT molecular complexity index is 610. The summed E-state index contributed by atoms with van der Waals surface area (Å²) in [4.78, 5) is 15.1. The Kier molecular flexibility index (Phi) is 7.28. The van der Waals surface area contributed by atoms with Crippen LogP contribution in [0.3, 0.4) is 0 Å². The van der Waals surface area contributed by atoms with E-state index in [2.05, 4.69) is 5.16 Å². The highest BCUT2D eigenvalue weighted by molar-refractivity contribution is 6.12. The number of hydrogen-bond acceptors (Lipinski definition) is 5. The van der Waals surface area contributed by atoms with Crippen molar-refractivity contribution in [3.05, 3.63) is 75.8 Å². The molecule has 0 aliphatic rings.